The summed E-state index contributed by atoms with van der Waals surface area (Å²) in [5.74, 6) is -1.66. The normalized spacial score (nSPS) is 16.0. The minimum Gasteiger partial charge on any atom is -0.344 e. The van der Waals surface area contributed by atoms with E-state index in [-0.39, 0.29) is 36.0 Å². The number of aromatic nitrogens is 6. The fourth-order valence-corrected chi connectivity index (χ4v) is 4.83. The molecule has 1 aliphatic rings. The highest BCUT2D eigenvalue weighted by Gasteiger charge is 2.40. The second kappa shape index (κ2) is 9.57. The number of para-hydroxylation sites is 1. The van der Waals surface area contributed by atoms with Crippen LogP contribution in [0.25, 0.3) is 22.1 Å². The van der Waals surface area contributed by atoms with Gasteiger partial charge in [-0.05, 0) is 25.8 Å². The molecule has 14 heteroatoms. The smallest absolute Gasteiger partial charge is 0.344 e. The van der Waals surface area contributed by atoms with Crippen molar-refractivity contribution >= 4 is 33.9 Å². The number of terminal acetylenes is 1. The van der Waals surface area contributed by atoms with E-state index in [2.05, 4.69) is 21.0 Å². The number of anilines is 1. The van der Waals surface area contributed by atoms with Gasteiger partial charge in [0.15, 0.2) is 11.2 Å². The molecule has 1 aromatic carbocycles. The Kier molecular flexibility index (Phi) is 6.37. The maximum Gasteiger partial charge on any atom is 0.471 e. The molecule has 4 heterocycles. The molecule has 202 valence electrons. The van der Waals surface area contributed by atoms with Crippen molar-refractivity contribution in [1.82, 2.24) is 34.0 Å². The minimum absolute atomic E-state index is 0.0147. The number of benzene rings is 1. The molecule has 4 aromatic rings. The summed E-state index contributed by atoms with van der Waals surface area (Å²) in [6.45, 7) is 1.95. The van der Waals surface area contributed by atoms with Gasteiger partial charge >= 0.3 is 17.8 Å². The average Bonchev–Trinajstić information content (AvgIpc) is 3.30. The predicted molar refractivity (Wildman–Crippen MR) is 136 cm³/mol. The highest BCUT2D eigenvalue weighted by Crippen LogP contribution is 2.24. The van der Waals surface area contributed by atoms with Crippen molar-refractivity contribution in [2.24, 2.45) is 7.05 Å². The lowest BCUT2D eigenvalue weighted by Crippen LogP contribution is -2.51. The Balaban J connectivity index is 1.55. The van der Waals surface area contributed by atoms with Crippen LogP contribution in [-0.2, 0) is 18.4 Å². The zero-order valence-corrected chi connectivity index (χ0v) is 21.0. The molecule has 0 bridgehead atoms. The second-order valence-electron chi connectivity index (χ2n) is 9.28. The molecule has 11 nitrogen and oxygen atoms in total. The summed E-state index contributed by atoms with van der Waals surface area (Å²) in [5, 5.41) is 2.83. The van der Waals surface area contributed by atoms with Gasteiger partial charge in [0.1, 0.15) is 5.82 Å². The molecule has 39 heavy (non-hydrogen) atoms. The molecule has 1 aliphatic heterocycles. The van der Waals surface area contributed by atoms with Gasteiger partial charge in [-0.25, -0.2) is 19.3 Å². The summed E-state index contributed by atoms with van der Waals surface area (Å²) in [6, 6.07) is 8.94. The highest BCUT2D eigenvalue weighted by molar-refractivity contribution is 5.82. The van der Waals surface area contributed by atoms with Gasteiger partial charge in [-0.2, -0.15) is 18.2 Å². The maximum atomic E-state index is 13.6. The third-order valence-corrected chi connectivity index (χ3v) is 6.69. The van der Waals surface area contributed by atoms with Gasteiger partial charge in [-0.15, -0.1) is 0 Å². The minimum atomic E-state index is -5.01. The van der Waals surface area contributed by atoms with Crippen LogP contribution in [0.1, 0.15) is 24.4 Å². The first-order valence-corrected chi connectivity index (χ1v) is 12.0. The zero-order valence-electron chi connectivity index (χ0n) is 21.0. The molecular formula is C25H23F3N8O3. The lowest BCUT2D eigenvalue weighted by Gasteiger charge is -2.33. The van der Waals surface area contributed by atoms with E-state index in [0.717, 1.165) is 9.95 Å². The molecule has 1 N–H and O–H groups in total. The Morgan fingerprint density at radius 3 is 2.67 bits per heavy atom. The number of nitrogens with zero attached hydrogens (tertiary/aromatic N) is 7. The van der Waals surface area contributed by atoms with Crippen molar-refractivity contribution < 1.29 is 18.0 Å². The largest absolute Gasteiger partial charge is 0.471 e. The molecule has 3 aromatic heterocycles. The van der Waals surface area contributed by atoms with Crippen LogP contribution in [0.4, 0.5) is 19.1 Å². The van der Waals surface area contributed by atoms with E-state index in [1.54, 1.807) is 17.9 Å². The van der Waals surface area contributed by atoms with Crippen molar-refractivity contribution in [2.75, 3.05) is 18.0 Å². The van der Waals surface area contributed by atoms with Crippen LogP contribution < -0.4 is 21.5 Å². The number of aryl methyl sites for hydroxylation is 2. The molecule has 1 amide bonds. The maximum absolute atomic E-state index is 13.6. The lowest BCUT2D eigenvalue weighted by atomic mass is 10.1. The molecule has 1 saturated heterocycles. The number of rotatable bonds is 4. The van der Waals surface area contributed by atoms with E-state index in [0.29, 0.717) is 30.6 Å². The van der Waals surface area contributed by atoms with Crippen molar-refractivity contribution in [2.45, 2.75) is 38.5 Å². The van der Waals surface area contributed by atoms with Crippen molar-refractivity contribution in [3.05, 3.63) is 56.6 Å². The summed E-state index contributed by atoms with van der Waals surface area (Å²) in [7, 11) is 1.44. The molecule has 0 aliphatic carbocycles. The average molecular weight is 541 g/mol. The summed E-state index contributed by atoms with van der Waals surface area (Å²) in [5.41, 5.74) is -0.0454. The molecule has 1 fully saturated rings. The van der Waals surface area contributed by atoms with E-state index in [9.17, 15) is 27.6 Å². The number of nitrogens with one attached hydrogen (secondary N) is 1. The number of carbonyl (C=O) groups excluding carboxylic acids is 1. The standard InChI is InChI=1S/C25H23F3N8O3/c1-4-35-19-20(32-23(35)34-11-7-8-15(12-34)30-22(38)25(26,27)28)33(3)24(39)36(21(19)37)13-18-29-14(2)16-9-5-6-10-17(16)31-18/h1,5-6,9-10,15H,7-8,11-13H2,2-3H3,(H,30,38)/t15-/m1/s1. The lowest BCUT2D eigenvalue weighted by molar-refractivity contribution is -0.174. The van der Waals surface area contributed by atoms with Gasteiger partial charge in [-0.3, -0.25) is 18.7 Å². The zero-order chi connectivity index (χ0) is 28.1. The number of imidazole rings is 1. The topological polar surface area (TPSA) is 120 Å². The SMILES string of the molecule is C#Cn1c(N2CCC[C@@H](NC(=O)C(F)(F)F)C2)nc2c1c(=O)n(Cc1nc(C)c3ccccc3n1)c(=O)n2C. The van der Waals surface area contributed by atoms with E-state index in [1.165, 1.54) is 16.2 Å². The van der Waals surface area contributed by atoms with Gasteiger partial charge in [0, 0.05) is 43.3 Å². The van der Waals surface area contributed by atoms with E-state index in [1.807, 2.05) is 23.5 Å². The Hall–Kier alpha value is -4.67. The number of hydrogen-bond donors (Lipinski definition) is 1. The van der Waals surface area contributed by atoms with Crippen LogP contribution in [0, 0.1) is 19.4 Å². The number of alkyl halides is 3. The number of fused-ring (bicyclic) bond motifs is 2. The van der Waals surface area contributed by atoms with Crippen molar-refractivity contribution in [3.8, 4) is 12.5 Å². The Labute approximate surface area is 218 Å². The van der Waals surface area contributed by atoms with Crippen LogP contribution in [0.2, 0.25) is 0 Å². The first kappa shape index (κ1) is 26.0. The Morgan fingerprint density at radius 2 is 1.95 bits per heavy atom. The third-order valence-electron chi connectivity index (χ3n) is 6.69. The number of amides is 1. The molecule has 0 unspecified atom stereocenters. The molecule has 0 radical (unpaired) electrons. The quantitative estimate of drug-likeness (QED) is 0.388. The van der Waals surface area contributed by atoms with Crippen LogP contribution in [-0.4, -0.2) is 59.9 Å². The van der Waals surface area contributed by atoms with Gasteiger partial charge in [0.2, 0.25) is 5.95 Å². The van der Waals surface area contributed by atoms with Crippen molar-refractivity contribution in [1.29, 1.82) is 0 Å². The van der Waals surface area contributed by atoms with E-state index < -0.39 is 29.4 Å². The van der Waals surface area contributed by atoms with E-state index >= 15 is 0 Å². The van der Waals surface area contributed by atoms with E-state index in [4.69, 9.17) is 6.42 Å². The number of carbonyl (C=O) groups is 1. The van der Waals surface area contributed by atoms with Gasteiger partial charge < -0.3 is 10.2 Å². The molecule has 0 spiro atoms. The summed E-state index contributed by atoms with van der Waals surface area (Å²) < 4.78 is 41.6. The monoisotopic (exact) mass is 540 g/mol. The van der Waals surface area contributed by atoms with Crippen LogP contribution >= 0.6 is 0 Å². The second-order valence-corrected chi connectivity index (χ2v) is 9.28. The predicted octanol–water partition coefficient (Wildman–Crippen LogP) is 1.28. The van der Waals surface area contributed by atoms with Gasteiger partial charge in [0.05, 0.1) is 12.1 Å². The van der Waals surface area contributed by atoms with Crippen LogP contribution in [0.15, 0.2) is 33.9 Å². The fourth-order valence-electron chi connectivity index (χ4n) is 4.83. The Bertz CT molecular complexity index is 1780. The number of hydrogen-bond acceptors (Lipinski definition) is 7. The van der Waals surface area contributed by atoms with Crippen LogP contribution in [0.5, 0.6) is 0 Å². The number of halogens is 3. The summed E-state index contributed by atoms with van der Waals surface area (Å²) in [6.07, 6.45) is 1.51. The molecule has 1 atom stereocenters. The van der Waals surface area contributed by atoms with Gasteiger partial charge in [0.25, 0.3) is 5.56 Å². The third kappa shape index (κ3) is 4.60. The summed E-state index contributed by atoms with van der Waals surface area (Å²) in [4.78, 5) is 53.2. The highest BCUT2D eigenvalue weighted by atomic mass is 19.4. The summed E-state index contributed by atoms with van der Waals surface area (Å²) >= 11 is 0. The fraction of sp³-hybridized carbons (Fsp3) is 0.360. The van der Waals surface area contributed by atoms with Crippen LogP contribution in [0.3, 0.4) is 0 Å². The molecule has 0 saturated carbocycles. The Morgan fingerprint density at radius 1 is 1.21 bits per heavy atom. The number of piperidine rings is 1. The first-order valence-electron chi connectivity index (χ1n) is 12.0. The van der Waals surface area contributed by atoms with Crippen molar-refractivity contribution in [3.63, 3.8) is 0 Å². The first-order chi connectivity index (χ1) is 18.5. The van der Waals surface area contributed by atoms with Gasteiger partial charge in [-0.1, -0.05) is 24.6 Å². The molecule has 5 rings (SSSR count). The molecular weight excluding hydrogens is 517 g/mol.